The van der Waals surface area contributed by atoms with Crippen molar-refractivity contribution in [3.63, 3.8) is 0 Å². The summed E-state index contributed by atoms with van der Waals surface area (Å²) in [6.45, 7) is 6.51. The van der Waals surface area contributed by atoms with E-state index in [1.165, 1.54) is 148 Å². The first-order valence-electron chi connectivity index (χ1n) is 34.9. The predicted octanol–water partition coefficient (Wildman–Crippen LogP) is 24.2. The third-order valence-corrected chi connectivity index (χ3v) is 15.0. The van der Waals surface area contributed by atoms with Crippen molar-refractivity contribution in [2.45, 2.75) is 341 Å². The maximum Gasteiger partial charge on any atom is 0.306 e. The Hall–Kier alpha value is -3.93. The van der Waals surface area contributed by atoms with Gasteiger partial charge in [-0.3, -0.25) is 14.4 Å². The van der Waals surface area contributed by atoms with Crippen molar-refractivity contribution in [2.75, 3.05) is 13.2 Å². The van der Waals surface area contributed by atoms with Crippen LogP contribution in [0.4, 0.5) is 0 Å². The molecule has 0 aliphatic carbocycles. The van der Waals surface area contributed by atoms with Crippen molar-refractivity contribution >= 4 is 17.9 Å². The van der Waals surface area contributed by atoms with Gasteiger partial charge in [-0.05, 0) is 109 Å². The SMILES string of the molecule is CC/C=C\C/C=C\C/C=C\C/C=C\C/C=C\C/C=C\C/C=C\CCCCCCCC(=O)OCC(COC(=O)CCCCCCC/C=C\C/C=C\CCCCC)OC(=O)CCCCCCCCCCCCCCCCCCCCCCCC. The molecule has 0 aliphatic heterocycles. The Morgan fingerprint density at radius 3 is 0.768 bits per heavy atom. The summed E-state index contributed by atoms with van der Waals surface area (Å²) in [6, 6.07) is 0. The third kappa shape index (κ3) is 66.9. The fourth-order valence-electron chi connectivity index (χ4n) is 9.81. The lowest BCUT2D eigenvalue weighted by atomic mass is 10.0. The van der Waals surface area contributed by atoms with Gasteiger partial charge >= 0.3 is 17.9 Å². The zero-order valence-corrected chi connectivity index (χ0v) is 54.0. The highest BCUT2D eigenvalue weighted by molar-refractivity contribution is 5.71. The van der Waals surface area contributed by atoms with E-state index in [0.29, 0.717) is 19.3 Å². The van der Waals surface area contributed by atoms with Crippen LogP contribution in [0.2, 0.25) is 0 Å². The van der Waals surface area contributed by atoms with Gasteiger partial charge in [0.25, 0.3) is 0 Å². The molecule has 0 aromatic heterocycles. The molecule has 0 heterocycles. The molecule has 0 aromatic carbocycles. The number of hydrogen-bond donors (Lipinski definition) is 0. The Morgan fingerprint density at radius 1 is 0.256 bits per heavy atom. The number of allylic oxidation sites excluding steroid dienone is 18. The van der Waals surface area contributed by atoms with Crippen molar-refractivity contribution < 1.29 is 28.6 Å². The molecule has 82 heavy (non-hydrogen) atoms. The second-order valence-corrected chi connectivity index (χ2v) is 23.1. The molecule has 0 saturated carbocycles. The second-order valence-electron chi connectivity index (χ2n) is 23.1. The monoisotopic (exact) mass is 1140 g/mol. The van der Waals surface area contributed by atoms with Gasteiger partial charge < -0.3 is 14.2 Å². The average Bonchev–Trinajstić information content (AvgIpc) is 3.47. The largest absolute Gasteiger partial charge is 0.462 e. The van der Waals surface area contributed by atoms with Crippen LogP contribution in [-0.2, 0) is 28.6 Å². The summed E-state index contributed by atoms with van der Waals surface area (Å²) in [5, 5.41) is 0. The molecule has 0 bridgehead atoms. The Morgan fingerprint density at radius 2 is 0.476 bits per heavy atom. The molecule has 6 nitrogen and oxygen atoms in total. The van der Waals surface area contributed by atoms with Gasteiger partial charge in [0.05, 0.1) is 0 Å². The van der Waals surface area contributed by atoms with Gasteiger partial charge in [0.15, 0.2) is 6.10 Å². The molecule has 0 radical (unpaired) electrons. The van der Waals surface area contributed by atoms with Gasteiger partial charge in [0.2, 0.25) is 0 Å². The number of ether oxygens (including phenoxy) is 3. The zero-order valence-electron chi connectivity index (χ0n) is 54.0. The molecule has 0 spiro atoms. The number of carbonyl (C=O) groups excluding carboxylic acids is 3. The van der Waals surface area contributed by atoms with Gasteiger partial charge in [-0.15, -0.1) is 0 Å². The summed E-state index contributed by atoms with van der Waals surface area (Å²) in [5.41, 5.74) is 0. The van der Waals surface area contributed by atoms with Gasteiger partial charge in [-0.2, -0.15) is 0 Å². The van der Waals surface area contributed by atoms with Crippen LogP contribution in [-0.4, -0.2) is 37.2 Å². The van der Waals surface area contributed by atoms with E-state index in [2.05, 4.69) is 130 Å². The smallest absolute Gasteiger partial charge is 0.306 e. The van der Waals surface area contributed by atoms with E-state index in [9.17, 15) is 14.4 Å². The first-order valence-corrected chi connectivity index (χ1v) is 34.9. The van der Waals surface area contributed by atoms with E-state index in [-0.39, 0.29) is 31.1 Å². The summed E-state index contributed by atoms with van der Waals surface area (Å²) in [6.07, 6.45) is 95.3. The maximum absolute atomic E-state index is 13.0. The highest BCUT2D eigenvalue weighted by Gasteiger charge is 2.19. The molecule has 1 unspecified atom stereocenters. The Kier molecular flexibility index (Phi) is 66.2. The molecule has 470 valence electrons. The lowest BCUT2D eigenvalue weighted by Gasteiger charge is -2.18. The maximum atomic E-state index is 13.0. The van der Waals surface area contributed by atoms with Crippen molar-refractivity contribution in [3.8, 4) is 0 Å². The fraction of sp³-hybridized carbons (Fsp3) is 0.724. The van der Waals surface area contributed by atoms with Crippen LogP contribution in [0.3, 0.4) is 0 Å². The van der Waals surface area contributed by atoms with Crippen molar-refractivity contribution in [1.29, 1.82) is 0 Å². The van der Waals surface area contributed by atoms with E-state index >= 15 is 0 Å². The fourth-order valence-corrected chi connectivity index (χ4v) is 9.81. The van der Waals surface area contributed by atoms with Gasteiger partial charge in [-0.1, -0.05) is 316 Å². The van der Waals surface area contributed by atoms with Crippen molar-refractivity contribution in [1.82, 2.24) is 0 Å². The third-order valence-electron chi connectivity index (χ3n) is 15.0. The minimum absolute atomic E-state index is 0.0900. The predicted molar refractivity (Wildman–Crippen MR) is 357 cm³/mol. The molecule has 0 N–H and O–H groups in total. The van der Waals surface area contributed by atoms with E-state index in [1.807, 2.05) is 0 Å². The molecule has 0 saturated heterocycles. The number of carbonyl (C=O) groups is 3. The first kappa shape index (κ1) is 78.1. The average molecular weight is 1140 g/mol. The first-order chi connectivity index (χ1) is 40.5. The summed E-state index contributed by atoms with van der Waals surface area (Å²) in [5.74, 6) is -0.907. The highest BCUT2D eigenvalue weighted by atomic mass is 16.6. The Balaban J connectivity index is 4.39. The van der Waals surface area contributed by atoms with Crippen LogP contribution in [0.1, 0.15) is 335 Å². The van der Waals surface area contributed by atoms with Gasteiger partial charge in [-0.25, -0.2) is 0 Å². The number of unbranched alkanes of at least 4 members (excludes halogenated alkanes) is 34. The molecule has 0 aromatic rings. The lowest BCUT2D eigenvalue weighted by Crippen LogP contribution is -2.30. The van der Waals surface area contributed by atoms with Crippen LogP contribution in [0.25, 0.3) is 0 Å². The highest BCUT2D eigenvalue weighted by Crippen LogP contribution is 2.17. The minimum atomic E-state index is -0.794. The Bertz CT molecular complexity index is 1640. The minimum Gasteiger partial charge on any atom is -0.462 e. The standard InChI is InChI=1S/C76H130O6/c1-4-7-10-13-16-19-22-25-28-30-32-34-36-37-38-39-40-42-43-45-48-51-54-57-60-63-66-69-75(78)81-72-73(71-80-74(77)68-65-62-59-56-53-50-47-27-24-21-18-15-12-9-6-3)82-76(79)70-67-64-61-58-55-52-49-46-44-41-35-33-31-29-26-23-20-17-14-11-8-5-2/h7,10,16,18-19,21,25,27-28,32,34,37-38,40,42,45,47-48,73H,4-6,8-9,11-15,17,20,22-24,26,29-31,33,35-36,39,41,43-44,46,49-72H2,1-3H3/b10-7-,19-16-,21-18-,28-25-,34-32-,38-37-,42-40-,47-27-,48-45-. The second kappa shape index (κ2) is 69.6. The van der Waals surface area contributed by atoms with Crippen molar-refractivity contribution in [2.24, 2.45) is 0 Å². The topological polar surface area (TPSA) is 78.9 Å². The van der Waals surface area contributed by atoms with Crippen molar-refractivity contribution in [3.05, 3.63) is 109 Å². The van der Waals surface area contributed by atoms with E-state index < -0.39 is 6.10 Å². The Labute approximate surface area is 508 Å². The molecule has 0 aliphatic rings. The zero-order chi connectivity index (χ0) is 59.2. The number of esters is 3. The number of rotatable bonds is 63. The summed E-state index contributed by atoms with van der Waals surface area (Å²) in [4.78, 5) is 38.4. The van der Waals surface area contributed by atoms with E-state index in [4.69, 9.17) is 14.2 Å². The number of hydrogen-bond acceptors (Lipinski definition) is 6. The van der Waals surface area contributed by atoms with E-state index in [1.54, 1.807) is 0 Å². The summed E-state index contributed by atoms with van der Waals surface area (Å²) < 4.78 is 17.0. The molecule has 0 rings (SSSR count). The van der Waals surface area contributed by atoms with E-state index in [0.717, 1.165) is 148 Å². The lowest BCUT2D eigenvalue weighted by molar-refractivity contribution is -0.167. The summed E-state index contributed by atoms with van der Waals surface area (Å²) in [7, 11) is 0. The van der Waals surface area contributed by atoms with Crippen LogP contribution in [0.15, 0.2) is 109 Å². The quantitative estimate of drug-likeness (QED) is 0.0261. The van der Waals surface area contributed by atoms with Crippen LogP contribution < -0.4 is 0 Å². The molecule has 6 heteroatoms. The molecular formula is C76H130O6. The molecular weight excluding hydrogens is 1010 g/mol. The molecule has 0 amide bonds. The van der Waals surface area contributed by atoms with Gasteiger partial charge in [0.1, 0.15) is 13.2 Å². The normalized spacial score (nSPS) is 12.8. The van der Waals surface area contributed by atoms with Crippen LogP contribution >= 0.6 is 0 Å². The molecule has 0 fully saturated rings. The van der Waals surface area contributed by atoms with Crippen LogP contribution in [0.5, 0.6) is 0 Å². The summed E-state index contributed by atoms with van der Waals surface area (Å²) >= 11 is 0. The molecule has 1 atom stereocenters. The van der Waals surface area contributed by atoms with Crippen LogP contribution in [0, 0.1) is 0 Å². The van der Waals surface area contributed by atoms with Gasteiger partial charge in [0, 0.05) is 19.3 Å².